The Morgan fingerprint density at radius 1 is 1.00 bits per heavy atom. The van der Waals surface area contributed by atoms with Crippen LogP contribution in [0.3, 0.4) is 0 Å². The van der Waals surface area contributed by atoms with Gasteiger partial charge in [0.15, 0.2) is 12.2 Å². The number of nitrogens with zero attached hydrogens (tertiary/aromatic N) is 2. The van der Waals surface area contributed by atoms with Crippen LogP contribution < -0.4 is 0 Å². The minimum absolute atomic E-state index is 0.765. The van der Waals surface area contributed by atoms with Crippen molar-refractivity contribution in [3.63, 3.8) is 0 Å². The maximum Gasteiger partial charge on any atom is 0.181 e. The summed E-state index contributed by atoms with van der Waals surface area (Å²) in [6.07, 6.45) is 3.14. The van der Waals surface area contributed by atoms with Gasteiger partial charge < -0.3 is 9.40 Å². The van der Waals surface area contributed by atoms with Crippen molar-refractivity contribution in [1.82, 2.24) is 15.0 Å². The predicted molar refractivity (Wildman–Crippen MR) is 89.7 cm³/mol. The molecule has 0 aliphatic rings. The average molecular weight is 387 g/mol. The van der Waals surface area contributed by atoms with E-state index in [2.05, 4.69) is 49.7 Å². The van der Waals surface area contributed by atoms with E-state index in [9.17, 15) is 0 Å². The molecule has 2 heterocycles. The van der Waals surface area contributed by atoms with Crippen LogP contribution in [0, 0.1) is 3.57 Å². The Labute approximate surface area is 134 Å². The van der Waals surface area contributed by atoms with Gasteiger partial charge in [-0.3, -0.25) is 0 Å². The summed E-state index contributed by atoms with van der Waals surface area (Å²) in [5, 5.41) is 0. The number of benzene rings is 2. The molecule has 0 radical (unpaired) electrons. The second-order valence-electron chi connectivity index (χ2n) is 4.69. The SMILES string of the molecule is Ic1ccc2nc(-c3ccc(-c4cnco4)cc3)[nH]c2c1. The Morgan fingerprint density at radius 3 is 2.57 bits per heavy atom. The van der Waals surface area contributed by atoms with Crippen molar-refractivity contribution in [2.75, 3.05) is 0 Å². The minimum Gasteiger partial charge on any atom is -0.444 e. The van der Waals surface area contributed by atoms with Crippen molar-refractivity contribution in [2.24, 2.45) is 0 Å². The first-order chi connectivity index (χ1) is 10.3. The highest BCUT2D eigenvalue weighted by Gasteiger charge is 2.07. The van der Waals surface area contributed by atoms with Crippen molar-refractivity contribution >= 4 is 33.6 Å². The molecule has 0 bridgehead atoms. The number of H-pyrrole nitrogens is 1. The molecule has 102 valence electrons. The van der Waals surface area contributed by atoms with E-state index in [4.69, 9.17) is 4.42 Å². The number of fused-ring (bicyclic) bond motifs is 1. The van der Waals surface area contributed by atoms with Gasteiger partial charge in [0.05, 0.1) is 17.2 Å². The number of imidazole rings is 1. The highest BCUT2D eigenvalue weighted by molar-refractivity contribution is 14.1. The number of aromatic amines is 1. The molecule has 21 heavy (non-hydrogen) atoms. The van der Waals surface area contributed by atoms with Crippen LogP contribution in [0.1, 0.15) is 0 Å². The second kappa shape index (κ2) is 5.00. The number of hydrogen-bond acceptors (Lipinski definition) is 3. The predicted octanol–water partition coefficient (Wildman–Crippen LogP) is 4.49. The monoisotopic (exact) mass is 387 g/mol. The van der Waals surface area contributed by atoms with E-state index < -0.39 is 0 Å². The van der Waals surface area contributed by atoms with Crippen LogP contribution in [-0.4, -0.2) is 15.0 Å². The Bertz CT molecular complexity index is 895. The molecule has 0 aliphatic heterocycles. The largest absolute Gasteiger partial charge is 0.444 e. The summed E-state index contributed by atoms with van der Waals surface area (Å²) < 4.78 is 6.48. The summed E-state index contributed by atoms with van der Waals surface area (Å²) in [6.45, 7) is 0. The number of nitrogens with one attached hydrogen (secondary N) is 1. The molecular formula is C16H10IN3O. The molecule has 0 saturated heterocycles. The van der Waals surface area contributed by atoms with Crippen LogP contribution in [-0.2, 0) is 0 Å². The summed E-state index contributed by atoms with van der Waals surface area (Å²) in [6, 6.07) is 14.2. The van der Waals surface area contributed by atoms with Gasteiger partial charge in [-0.15, -0.1) is 0 Å². The van der Waals surface area contributed by atoms with Crippen LogP contribution in [0.15, 0.2) is 59.5 Å². The molecule has 4 nitrogen and oxygen atoms in total. The topological polar surface area (TPSA) is 54.7 Å². The van der Waals surface area contributed by atoms with E-state index in [0.717, 1.165) is 33.7 Å². The minimum atomic E-state index is 0.765. The molecule has 5 heteroatoms. The fraction of sp³-hybridized carbons (Fsp3) is 0. The molecule has 0 amide bonds. The first kappa shape index (κ1) is 12.6. The zero-order valence-electron chi connectivity index (χ0n) is 10.9. The maximum atomic E-state index is 5.29. The lowest BCUT2D eigenvalue weighted by Crippen LogP contribution is -1.81. The van der Waals surface area contributed by atoms with E-state index in [1.54, 1.807) is 6.20 Å². The van der Waals surface area contributed by atoms with E-state index in [1.807, 2.05) is 30.3 Å². The molecule has 4 rings (SSSR count). The molecule has 2 aromatic carbocycles. The molecule has 0 fully saturated rings. The molecule has 0 aliphatic carbocycles. The van der Waals surface area contributed by atoms with E-state index in [1.165, 1.54) is 9.96 Å². The summed E-state index contributed by atoms with van der Waals surface area (Å²) in [5.74, 6) is 1.64. The van der Waals surface area contributed by atoms with Gasteiger partial charge in [0.25, 0.3) is 0 Å². The average Bonchev–Trinajstić information content (AvgIpc) is 3.16. The Hall–Kier alpha value is -2.15. The van der Waals surface area contributed by atoms with Gasteiger partial charge in [-0.05, 0) is 40.8 Å². The fourth-order valence-corrected chi connectivity index (χ4v) is 2.76. The van der Waals surface area contributed by atoms with Crippen LogP contribution in [0.5, 0.6) is 0 Å². The molecule has 0 unspecified atom stereocenters. The number of rotatable bonds is 2. The van der Waals surface area contributed by atoms with Gasteiger partial charge in [0.2, 0.25) is 0 Å². The van der Waals surface area contributed by atoms with E-state index >= 15 is 0 Å². The standard InChI is InChI=1S/C16H10IN3O/c17-12-5-6-13-14(7-12)20-16(19-13)11-3-1-10(2-4-11)15-8-18-9-21-15/h1-9H,(H,19,20). The third-order valence-electron chi connectivity index (χ3n) is 3.32. The Balaban J connectivity index is 1.74. The zero-order valence-corrected chi connectivity index (χ0v) is 13.0. The van der Waals surface area contributed by atoms with Gasteiger partial charge in [-0.25, -0.2) is 9.97 Å². The molecular weight excluding hydrogens is 377 g/mol. The number of aromatic nitrogens is 3. The van der Waals surface area contributed by atoms with Gasteiger partial charge in [0.1, 0.15) is 5.82 Å². The quantitative estimate of drug-likeness (QED) is 0.516. The van der Waals surface area contributed by atoms with Gasteiger partial charge in [0, 0.05) is 14.7 Å². The maximum absolute atomic E-state index is 5.29. The molecule has 2 aromatic heterocycles. The van der Waals surface area contributed by atoms with Gasteiger partial charge in [-0.2, -0.15) is 0 Å². The number of oxazole rings is 1. The zero-order chi connectivity index (χ0) is 14.2. The summed E-state index contributed by atoms with van der Waals surface area (Å²) in [4.78, 5) is 11.9. The van der Waals surface area contributed by atoms with Crippen LogP contribution in [0.2, 0.25) is 0 Å². The molecule has 0 saturated carbocycles. The van der Waals surface area contributed by atoms with E-state index in [0.29, 0.717) is 0 Å². The number of hydrogen-bond donors (Lipinski definition) is 1. The summed E-state index contributed by atoms with van der Waals surface area (Å²) in [7, 11) is 0. The Morgan fingerprint density at radius 2 is 1.81 bits per heavy atom. The van der Waals surface area contributed by atoms with Crippen LogP contribution in [0.25, 0.3) is 33.7 Å². The van der Waals surface area contributed by atoms with Crippen LogP contribution >= 0.6 is 22.6 Å². The summed E-state index contributed by atoms with van der Waals surface area (Å²) in [5.41, 5.74) is 4.08. The van der Waals surface area contributed by atoms with E-state index in [-0.39, 0.29) is 0 Å². The third kappa shape index (κ3) is 2.33. The smallest absolute Gasteiger partial charge is 0.181 e. The van der Waals surface area contributed by atoms with Gasteiger partial charge >= 0.3 is 0 Å². The van der Waals surface area contributed by atoms with Crippen molar-refractivity contribution in [2.45, 2.75) is 0 Å². The first-order valence-corrected chi connectivity index (χ1v) is 7.52. The summed E-state index contributed by atoms with van der Waals surface area (Å²) >= 11 is 2.30. The molecule has 4 aromatic rings. The fourth-order valence-electron chi connectivity index (χ4n) is 2.27. The highest BCUT2D eigenvalue weighted by Crippen LogP contribution is 2.25. The lowest BCUT2D eigenvalue weighted by molar-refractivity contribution is 0.572. The normalized spacial score (nSPS) is 11.1. The van der Waals surface area contributed by atoms with Crippen molar-refractivity contribution < 1.29 is 4.42 Å². The molecule has 1 N–H and O–H groups in total. The van der Waals surface area contributed by atoms with Crippen molar-refractivity contribution in [3.8, 4) is 22.7 Å². The highest BCUT2D eigenvalue weighted by atomic mass is 127. The third-order valence-corrected chi connectivity index (χ3v) is 3.99. The lowest BCUT2D eigenvalue weighted by Gasteiger charge is -1.99. The molecule has 0 atom stereocenters. The van der Waals surface area contributed by atoms with Crippen molar-refractivity contribution in [1.29, 1.82) is 0 Å². The molecule has 0 spiro atoms. The number of halogens is 1. The van der Waals surface area contributed by atoms with Gasteiger partial charge in [-0.1, -0.05) is 24.3 Å². The Kier molecular flexibility index (Phi) is 2.99. The van der Waals surface area contributed by atoms with Crippen LogP contribution in [0.4, 0.5) is 0 Å². The second-order valence-corrected chi connectivity index (χ2v) is 5.94. The lowest BCUT2D eigenvalue weighted by atomic mass is 10.1. The first-order valence-electron chi connectivity index (χ1n) is 6.44. The van der Waals surface area contributed by atoms with Crippen molar-refractivity contribution in [3.05, 3.63) is 58.6 Å².